The van der Waals surface area contributed by atoms with Gasteiger partial charge in [-0.1, -0.05) is 40.0 Å². The van der Waals surface area contributed by atoms with Gasteiger partial charge < -0.3 is 4.90 Å². The summed E-state index contributed by atoms with van der Waals surface area (Å²) < 4.78 is 0. The van der Waals surface area contributed by atoms with Gasteiger partial charge in [-0.2, -0.15) is 0 Å². The van der Waals surface area contributed by atoms with Gasteiger partial charge in [0.2, 0.25) is 0 Å². The normalized spacial score (nSPS) is 16.2. The molecule has 0 radical (unpaired) electrons. The number of rotatable bonds is 7. The van der Waals surface area contributed by atoms with Crippen LogP contribution in [0.15, 0.2) is 0 Å². The summed E-state index contributed by atoms with van der Waals surface area (Å²) in [5.41, 5.74) is 0. The Hall–Kier alpha value is -0.0400. The van der Waals surface area contributed by atoms with E-state index in [1.807, 2.05) is 0 Å². The highest BCUT2D eigenvalue weighted by Crippen LogP contribution is 2.18. The van der Waals surface area contributed by atoms with Gasteiger partial charge in [0.05, 0.1) is 0 Å². The summed E-state index contributed by atoms with van der Waals surface area (Å²) in [4.78, 5) is 2.37. The first kappa shape index (κ1) is 13.0. The van der Waals surface area contributed by atoms with E-state index in [0.29, 0.717) is 0 Å². The minimum Gasteiger partial charge on any atom is -0.306 e. The Bertz CT molecular complexity index is 110. The molecule has 1 heteroatoms. The molecule has 0 heterocycles. The second-order valence-corrected chi connectivity index (χ2v) is 4.41. The van der Waals surface area contributed by atoms with E-state index in [1.165, 1.54) is 32.1 Å². The Balaban J connectivity index is 3.70. The Morgan fingerprint density at radius 3 is 2.08 bits per heavy atom. The zero-order valence-electron chi connectivity index (χ0n) is 10.1. The molecular formula is C12H27N. The van der Waals surface area contributed by atoms with E-state index in [2.05, 4.69) is 39.8 Å². The lowest BCUT2D eigenvalue weighted by Gasteiger charge is -2.29. The quantitative estimate of drug-likeness (QED) is 0.548. The Morgan fingerprint density at radius 2 is 1.69 bits per heavy atom. The van der Waals surface area contributed by atoms with Crippen LogP contribution in [0.25, 0.3) is 0 Å². The molecule has 0 amide bonds. The molecule has 0 saturated carbocycles. The summed E-state index contributed by atoms with van der Waals surface area (Å²) >= 11 is 0. The number of hydrogen-bond donors (Lipinski definition) is 0. The van der Waals surface area contributed by atoms with Crippen molar-refractivity contribution < 1.29 is 0 Å². The smallest absolute Gasteiger partial charge is 0.0112 e. The van der Waals surface area contributed by atoms with Crippen molar-refractivity contribution in [3.63, 3.8) is 0 Å². The molecule has 0 saturated heterocycles. The summed E-state index contributed by atoms with van der Waals surface area (Å²) in [7, 11) is 4.40. The average molecular weight is 185 g/mol. The highest BCUT2D eigenvalue weighted by molar-refractivity contribution is 4.71. The summed E-state index contributed by atoms with van der Waals surface area (Å²) in [6, 6.07) is 0.775. The van der Waals surface area contributed by atoms with Gasteiger partial charge in [0.15, 0.2) is 0 Å². The topological polar surface area (TPSA) is 3.24 Å². The molecule has 0 bridgehead atoms. The second kappa shape index (κ2) is 7.37. The van der Waals surface area contributed by atoms with Gasteiger partial charge in [-0.25, -0.2) is 0 Å². The first-order valence-corrected chi connectivity index (χ1v) is 5.79. The van der Waals surface area contributed by atoms with Crippen molar-refractivity contribution in [2.45, 2.75) is 58.9 Å². The number of unbranched alkanes of at least 4 members (excludes halogenated alkanes) is 2. The molecular weight excluding hydrogens is 158 g/mol. The maximum absolute atomic E-state index is 2.39. The number of nitrogens with zero attached hydrogens (tertiary/aromatic N) is 1. The summed E-state index contributed by atoms with van der Waals surface area (Å²) in [5, 5.41) is 0. The van der Waals surface area contributed by atoms with Crippen molar-refractivity contribution in [1.29, 1.82) is 0 Å². The fraction of sp³-hybridized carbons (Fsp3) is 1.00. The summed E-state index contributed by atoms with van der Waals surface area (Å²) in [6.45, 7) is 6.96. The zero-order valence-corrected chi connectivity index (χ0v) is 10.1. The van der Waals surface area contributed by atoms with Crippen molar-refractivity contribution in [2.24, 2.45) is 5.92 Å². The van der Waals surface area contributed by atoms with Gasteiger partial charge in [0.25, 0.3) is 0 Å². The number of hydrogen-bond acceptors (Lipinski definition) is 1. The van der Waals surface area contributed by atoms with Gasteiger partial charge in [-0.05, 0) is 32.9 Å². The van der Waals surface area contributed by atoms with Gasteiger partial charge in [0.1, 0.15) is 0 Å². The van der Waals surface area contributed by atoms with Crippen LogP contribution in [0.3, 0.4) is 0 Å². The molecule has 0 aromatic heterocycles. The molecule has 1 nitrogen and oxygen atoms in total. The first-order valence-electron chi connectivity index (χ1n) is 5.79. The lowest BCUT2D eigenvalue weighted by atomic mass is 9.93. The standard InChI is InChI=1S/C12H27N/c1-6-8-9-10-11(3)12(7-2)13(4)5/h11-12H,6-10H2,1-5H3. The van der Waals surface area contributed by atoms with Crippen LogP contribution in [0, 0.1) is 5.92 Å². The molecule has 0 rings (SSSR count). The third kappa shape index (κ3) is 5.30. The highest BCUT2D eigenvalue weighted by Gasteiger charge is 2.16. The van der Waals surface area contributed by atoms with E-state index >= 15 is 0 Å². The average Bonchev–Trinajstić information content (AvgIpc) is 2.05. The van der Waals surface area contributed by atoms with E-state index in [-0.39, 0.29) is 0 Å². The van der Waals surface area contributed by atoms with Crippen molar-refractivity contribution in [3.05, 3.63) is 0 Å². The largest absolute Gasteiger partial charge is 0.306 e. The van der Waals surface area contributed by atoms with Crippen LogP contribution < -0.4 is 0 Å². The minimum absolute atomic E-state index is 0.775. The van der Waals surface area contributed by atoms with Crippen LogP contribution in [0.1, 0.15) is 52.9 Å². The molecule has 80 valence electrons. The molecule has 0 fully saturated rings. The van der Waals surface area contributed by atoms with Gasteiger partial charge in [0, 0.05) is 6.04 Å². The van der Waals surface area contributed by atoms with E-state index in [9.17, 15) is 0 Å². The van der Waals surface area contributed by atoms with Gasteiger partial charge >= 0.3 is 0 Å². The maximum Gasteiger partial charge on any atom is 0.0112 e. The molecule has 0 spiro atoms. The molecule has 0 aromatic carbocycles. The van der Waals surface area contributed by atoms with E-state index in [4.69, 9.17) is 0 Å². The van der Waals surface area contributed by atoms with Crippen LogP contribution in [0.4, 0.5) is 0 Å². The minimum atomic E-state index is 0.775. The lowest BCUT2D eigenvalue weighted by molar-refractivity contribution is 0.203. The molecule has 0 aliphatic carbocycles. The lowest BCUT2D eigenvalue weighted by Crippen LogP contribution is -2.33. The van der Waals surface area contributed by atoms with Crippen LogP contribution in [0.5, 0.6) is 0 Å². The molecule has 0 aliphatic heterocycles. The molecule has 2 atom stereocenters. The van der Waals surface area contributed by atoms with E-state index in [1.54, 1.807) is 0 Å². The maximum atomic E-state index is 2.39. The van der Waals surface area contributed by atoms with Gasteiger partial charge in [-0.3, -0.25) is 0 Å². The van der Waals surface area contributed by atoms with E-state index < -0.39 is 0 Å². The fourth-order valence-electron chi connectivity index (χ4n) is 2.19. The predicted molar refractivity (Wildman–Crippen MR) is 61.1 cm³/mol. The van der Waals surface area contributed by atoms with Crippen LogP contribution in [-0.4, -0.2) is 25.0 Å². The molecule has 0 N–H and O–H groups in total. The SMILES string of the molecule is CCCCCC(C)C(CC)N(C)C. The van der Waals surface area contributed by atoms with Crippen molar-refractivity contribution in [1.82, 2.24) is 4.90 Å². The van der Waals surface area contributed by atoms with Crippen molar-refractivity contribution in [2.75, 3.05) is 14.1 Å². The van der Waals surface area contributed by atoms with Crippen molar-refractivity contribution in [3.8, 4) is 0 Å². The highest BCUT2D eigenvalue weighted by atomic mass is 15.1. The molecule has 2 unspecified atom stereocenters. The summed E-state index contributed by atoms with van der Waals surface area (Å²) in [6.07, 6.45) is 6.81. The Labute approximate surface area is 84.5 Å². The predicted octanol–water partition coefficient (Wildman–Crippen LogP) is 3.54. The monoisotopic (exact) mass is 185 g/mol. The third-order valence-corrected chi connectivity index (χ3v) is 3.00. The first-order chi connectivity index (χ1) is 6.13. The third-order valence-electron chi connectivity index (χ3n) is 3.00. The van der Waals surface area contributed by atoms with Gasteiger partial charge in [-0.15, -0.1) is 0 Å². The fourth-order valence-corrected chi connectivity index (χ4v) is 2.19. The Morgan fingerprint density at radius 1 is 1.08 bits per heavy atom. The van der Waals surface area contributed by atoms with Crippen molar-refractivity contribution >= 4 is 0 Å². The molecule has 13 heavy (non-hydrogen) atoms. The van der Waals surface area contributed by atoms with E-state index in [0.717, 1.165) is 12.0 Å². The van der Waals surface area contributed by atoms with Crippen LogP contribution in [-0.2, 0) is 0 Å². The molecule has 0 aromatic rings. The zero-order chi connectivity index (χ0) is 10.3. The second-order valence-electron chi connectivity index (χ2n) is 4.41. The van der Waals surface area contributed by atoms with Crippen LogP contribution in [0.2, 0.25) is 0 Å². The molecule has 0 aliphatic rings. The summed E-state index contributed by atoms with van der Waals surface area (Å²) in [5.74, 6) is 0.853. The van der Waals surface area contributed by atoms with Crippen LogP contribution >= 0.6 is 0 Å². The Kier molecular flexibility index (Phi) is 7.35.